The van der Waals surface area contributed by atoms with Crippen molar-refractivity contribution in [1.82, 2.24) is 4.90 Å². The van der Waals surface area contributed by atoms with Gasteiger partial charge in [0.2, 0.25) is 0 Å². The molecule has 1 aromatic rings. The van der Waals surface area contributed by atoms with Crippen molar-refractivity contribution >= 4 is 60.1 Å². The molecule has 0 N–H and O–H groups in total. The molecule has 0 radical (unpaired) electrons. The van der Waals surface area contributed by atoms with Gasteiger partial charge in [-0.15, -0.1) is 0 Å². The van der Waals surface area contributed by atoms with Crippen LogP contribution in [0.5, 0.6) is 0 Å². The van der Waals surface area contributed by atoms with Gasteiger partial charge in [-0.3, -0.25) is 0 Å². The van der Waals surface area contributed by atoms with Gasteiger partial charge in [-0.05, 0) is 0 Å². The van der Waals surface area contributed by atoms with E-state index in [1.54, 1.807) is 0 Å². The zero-order valence-corrected chi connectivity index (χ0v) is 23.0. The molecule has 0 saturated heterocycles. The Morgan fingerprint density at radius 3 is 3.06 bits per heavy atom. The third-order valence-corrected chi connectivity index (χ3v) is 9.95. The number of benzene rings is 1. The van der Waals surface area contributed by atoms with Crippen LogP contribution < -0.4 is -1.37 Å². The molecule has 2 rings (SSSR count). The van der Waals surface area contributed by atoms with Crippen LogP contribution in [0.25, 0.3) is 0 Å². The normalized spacial score (nSPS) is 19.1. The summed E-state index contributed by atoms with van der Waals surface area (Å²) in [6.45, 7) is 4.46. The molecule has 0 saturated carbocycles. The Labute approximate surface area is 164 Å². The van der Waals surface area contributed by atoms with E-state index in [1.165, 1.54) is 15.8 Å². The number of nitrogens with zero attached hydrogens (tertiary/aromatic N) is 1. The molecule has 0 aromatic heterocycles. The van der Waals surface area contributed by atoms with Gasteiger partial charge in [0.25, 0.3) is 0 Å². The first-order valence-corrected chi connectivity index (χ1v) is 12.9. The van der Waals surface area contributed by atoms with Crippen molar-refractivity contribution in [3.8, 4) is 0 Å². The summed E-state index contributed by atoms with van der Waals surface area (Å²) in [7, 11) is 0. The minimum absolute atomic E-state index is 0.102. The molecule has 74 valence electrons. The summed E-state index contributed by atoms with van der Waals surface area (Å²) in [6.07, 6.45) is 2.45. The first-order chi connectivity index (χ1) is 7.63. The van der Waals surface area contributed by atoms with Crippen molar-refractivity contribution < 1.29 is 47.6 Å². The van der Waals surface area contributed by atoms with Crippen molar-refractivity contribution in [2.45, 2.75) is 7.50 Å². The second-order valence-electron chi connectivity index (χ2n) is 4.36. The predicted molar refractivity (Wildman–Crippen MR) is 61.6 cm³/mol. The molecule has 0 fully saturated rings. The molecular weight excluding hydrogens is 486 g/mol. The number of carbonyl (C=O) groups is 1. The van der Waals surface area contributed by atoms with E-state index in [9.17, 15) is 4.79 Å². The molecule has 0 bridgehead atoms. The molecule has 1 heterocycles. The van der Waals surface area contributed by atoms with Crippen LogP contribution in [0, 0.1) is 42.8 Å². The van der Waals surface area contributed by atoms with Gasteiger partial charge < -0.3 is 0 Å². The molecule has 1 aliphatic heterocycles. The molecule has 16 heavy (non-hydrogen) atoms. The summed E-state index contributed by atoms with van der Waals surface area (Å²) in [5.74, 6) is 0.102. The van der Waals surface area contributed by atoms with Crippen LogP contribution in [0.3, 0.4) is 0 Å². The molecule has 1 aliphatic rings. The fraction of sp³-hybridized carbons (Fsp3) is 0.250. The van der Waals surface area contributed by atoms with Gasteiger partial charge in [-0.1, -0.05) is 0 Å². The van der Waals surface area contributed by atoms with Gasteiger partial charge in [0.15, 0.2) is 0 Å². The Kier molecular flexibility index (Phi) is 5.50. The molecule has 0 aliphatic carbocycles. The maximum absolute atomic E-state index is 11.7. The van der Waals surface area contributed by atoms with E-state index in [0.717, 1.165) is 13.0 Å². The molecule has 1 aromatic carbocycles. The van der Waals surface area contributed by atoms with E-state index in [0.29, 0.717) is 56.6 Å². The average molecular weight is 498 g/mol. The average Bonchev–Trinajstić information content (AvgIpc) is 2.29. The molecular formula is C12H12NORaRb. The number of fused-ring (bicyclic) bond motifs is 1. The van der Waals surface area contributed by atoms with E-state index >= 15 is 0 Å². The topological polar surface area (TPSA) is 20.3 Å². The summed E-state index contributed by atoms with van der Waals surface area (Å²) < 4.78 is 1.92. The van der Waals surface area contributed by atoms with E-state index < -0.39 is 0 Å². The zero-order valence-electron chi connectivity index (χ0n) is 9.86. The fourth-order valence-corrected chi connectivity index (χ4v) is 7.84. The molecule has 4 heteroatoms. The number of hydrogen-bond donors (Lipinski definition) is 0. The van der Waals surface area contributed by atoms with Gasteiger partial charge in [-0.25, -0.2) is 0 Å². The summed E-state index contributed by atoms with van der Waals surface area (Å²) >= 11 is 0.824. The third kappa shape index (κ3) is 2.99. The van der Waals surface area contributed by atoms with Crippen LogP contribution in [-0.4, -0.2) is 72.9 Å². The van der Waals surface area contributed by atoms with Crippen molar-refractivity contribution in [2.75, 3.05) is 6.54 Å². The Balaban J connectivity index is 2.37. The van der Waals surface area contributed by atoms with Gasteiger partial charge in [0.1, 0.15) is 0 Å². The summed E-state index contributed by atoms with van der Waals surface area (Å²) in [4.78, 5) is 13.7. The zero-order chi connectivity index (χ0) is 11.7. The number of hydrogen-bond acceptors (Lipinski definition) is 1. The van der Waals surface area contributed by atoms with E-state index in [-0.39, 0.29) is 48.7 Å². The number of rotatable bonds is 1. The monoisotopic (exact) mass is 497 g/mol. The number of amides is 1. The summed E-state index contributed by atoms with van der Waals surface area (Å²) in [5, 5.41) is 0. The second kappa shape index (κ2) is 6.23. The van der Waals surface area contributed by atoms with Crippen molar-refractivity contribution in [2.24, 2.45) is 0 Å². The van der Waals surface area contributed by atoms with E-state index in [1.807, 2.05) is 4.90 Å². The Hall–Kier alpha value is 1.70. The first-order valence-electron chi connectivity index (χ1n) is 5.66. The molecule has 1 unspecified atom stereocenters. The van der Waals surface area contributed by atoms with Gasteiger partial charge >= 0.3 is 169 Å². The first kappa shape index (κ1) is 14.1. The SMILES string of the molecule is C=CC(=O)N1CCc2cc[c]([Rb])cc2[CH]1[RaH]. The molecule has 2 nitrogen and oxygen atoms in total. The van der Waals surface area contributed by atoms with E-state index in [4.69, 9.17) is 0 Å². The second-order valence-corrected chi connectivity index (χ2v) is 11.7. The van der Waals surface area contributed by atoms with Crippen LogP contribution >= 0.6 is 0 Å². The Bertz CT molecular complexity index is 447. The minimum atomic E-state index is 0.102. The van der Waals surface area contributed by atoms with Gasteiger partial charge in [0.05, 0.1) is 0 Å². The van der Waals surface area contributed by atoms with Crippen molar-refractivity contribution in [3.63, 3.8) is 0 Å². The van der Waals surface area contributed by atoms with Crippen molar-refractivity contribution in [3.05, 3.63) is 42.0 Å². The van der Waals surface area contributed by atoms with Crippen LogP contribution in [0.1, 0.15) is 12.2 Å². The van der Waals surface area contributed by atoms with Gasteiger partial charge in [-0.2, -0.15) is 0 Å². The van der Waals surface area contributed by atoms with Gasteiger partial charge in [0, 0.05) is 0 Å². The van der Waals surface area contributed by atoms with E-state index in [2.05, 4.69) is 24.8 Å². The van der Waals surface area contributed by atoms with Crippen LogP contribution in [-0.2, 0) is 11.2 Å². The molecule has 1 atom stereocenters. The quantitative estimate of drug-likeness (QED) is 0.513. The fourth-order valence-electron chi connectivity index (χ4n) is 2.35. The summed E-state index contributed by atoms with van der Waals surface area (Å²) in [6, 6.07) is 6.85. The van der Waals surface area contributed by atoms with Crippen LogP contribution in [0.4, 0.5) is 0 Å². The molecule has 0 spiro atoms. The molecule has 1 amide bonds. The van der Waals surface area contributed by atoms with Crippen molar-refractivity contribution in [1.29, 1.82) is 0 Å². The van der Waals surface area contributed by atoms with Crippen LogP contribution in [0.15, 0.2) is 30.9 Å². The maximum atomic E-state index is 11.7. The Morgan fingerprint density at radius 2 is 2.38 bits per heavy atom. The Morgan fingerprint density at radius 1 is 1.62 bits per heavy atom. The standard InChI is InChI=1S/C12H11NO.Ra.Rb.H/c1-2-12(14)13-8-7-10-5-3-4-6-11(10)9-13;;;/h2-3,5-6,9H,1,7-8H2;;;. The third-order valence-electron chi connectivity index (χ3n) is 3.30. The van der Waals surface area contributed by atoms with Crippen LogP contribution in [0.2, 0.25) is 0 Å². The number of carbonyl (C=O) groups excluding carboxylic acids is 1. The summed E-state index contributed by atoms with van der Waals surface area (Å²) in [5.41, 5.74) is 2.89. The predicted octanol–water partition coefficient (Wildman–Crippen LogP) is 0.331.